The van der Waals surface area contributed by atoms with Gasteiger partial charge in [0.25, 0.3) is 0 Å². The fourth-order valence-corrected chi connectivity index (χ4v) is 9.42. The Balaban J connectivity index is 1.25. The highest BCUT2D eigenvalue weighted by atomic mass is 35.5. The molecule has 8 atom stereocenters. The molecular formula is C32H51ClO3. The number of fused-ring (bicyclic) bond motifs is 5. The molecule has 0 amide bonds. The molecule has 5 aliphatic rings. The van der Waals surface area contributed by atoms with E-state index in [2.05, 4.69) is 13.0 Å². The molecule has 4 heteroatoms. The van der Waals surface area contributed by atoms with Crippen LogP contribution < -0.4 is 0 Å². The zero-order valence-corrected chi connectivity index (χ0v) is 23.6. The SMILES string of the molecule is C[C@]12CC[C@H]3[C@@H]([C@H](CCCCCCCCCCl)CC4=CC(=O)CC[C@@H]43)[C@@H]1CCC2OC1CCCCO1. The van der Waals surface area contributed by atoms with Gasteiger partial charge in [-0.15, -0.1) is 11.6 Å². The van der Waals surface area contributed by atoms with E-state index in [1.807, 2.05) is 0 Å². The summed E-state index contributed by atoms with van der Waals surface area (Å²) in [5.41, 5.74) is 1.83. The molecule has 0 bridgehead atoms. The number of unbranched alkanes of at least 4 members (excludes halogenated alkanes) is 6. The first-order valence-electron chi connectivity index (χ1n) is 15.7. The Morgan fingerprint density at radius 1 is 1.00 bits per heavy atom. The maximum Gasteiger partial charge on any atom is 0.157 e. The monoisotopic (exact) mass is 518 g/mol. The summed E-state index contributed by atoms with van der Waals surface area (Å²) in [5, 5.41) is 0. The van der Waals surface area contributed by atoms with Gasteiger partial charge in [0.2, 0.25) is 0 Å². The third kappa shape index (κ3) is 5.94. The van der Waals surface area contributed by atoms with Gasteiger partial charge in [0, 0.05) is 18.9 Å². The normalized spacial score (nSPS) is 40.3. The van der Waals surface area contributed by atoms with Crippen molar-refractivity contribution in [1.82, 2.24) is 0 Å². The van der Waals surface area contributed by atoms with Crippen LogP contribution in [0, 0.1) is 35.0 Å². The average Bonchev–Trinajstić information content (AvgIpc) is 3.21. The van der Waals surface area contributed by atoms with Crippen molar-refractivity contribution in [2.24, 2.45) is 35.0 Å². The number of alkyl halides is 1. The molecule has 3 saturated carbocycles. The molecule has 204 valence electrons. The summed E-state index contributed by atoms with van der Waals surface area (Å²) in [6.07, 6.45) is 24.8. The molecule has 2 unspecified atom stereocenters. The number of hydrogen-bond donors (Lipinski definition) is 0. The van der Waals surface area contributed by atoms with Crippen LogP contribution >= 0.6 is 11.6 Å². The molecule has 5 rings (SSSR count). The number of carbonyl (C=O) groups is 1. The fraction of sp³-hybridized carbons (Fsp3) is 0.906. The van der Waals surface area contributed by atoms with E-state index in [0.29, 0.717) is 23.2 Å². The van der Waals surface area contributed by atoms with Gasteiger partial charge in [-0.2, -0.15) is 0 Å². The highest BCUT2D eigenvalue weighted by Crippen LogP contribution is 2.64. The van der Waals surface area contributed by atoms with Crippen molar-refractivity contribution in [3.63, 3.8) is 0 Å². The van der Waals surface area contributed by atoms with Gasteiger partial charge in [-0.3, -0.25) is 4.79 Å². The molecule has 1 heterocycles. The van der Waals surface area contributed by atoms with Crippen LogP contribution in [-0.2, 0) is 14.3 Å². The second-order valence-electron chi connectivity index (χ2n) is 13.1. The van der Waals surface area contributed by atoms with Gasteiger partial charge in [-0.05, 0) is 112 Å². The van der Waals surface area contributed by atoms with Gasteiger partial charge in [-0.25, -0.2) is 0 Å². The van der Waals surface area contributed by atoms with Crippen molar-refractivity contribution < 1.29 is 14.3 Å². The van der Waals surface area contributed by atoms with Gasteiger partial charge in [0.15, 0.2) is 12.1 Å². The Hall–Kier alpha value is -0.380. The molecule has 0 spiro atoms. The van der Waals surface area contributed by atoms with Crippen LogP contribution in [0.5, 0.6) is 0 Å². The molecule has 0 aromatic rings. The van der Waals surface area contributed by atoms with Crippen LogP contribution in [0.3, 0.4) is 0 Å². The largest absolute Gasteiger partial charge is 0.353 e. The van der Waals surface area contributed by atoms with Crippen molar-refractivity contribution in [2.45, 2.75) is 135 Å². The van der Waals surface area contributed by atoms with E-state index in [1.165, 1.54) is 102 Å². The van der Waals surface area contributed by atoms with Crippen LogP contribution in [0.2, 0.25) is 0 Å². The number of halogens is 1. The summed E-state index contributed by atoms with van der Waals surface area (Å²) >= 11 is 5.83. The number of ketones is 1. The predicted octanol–water partition coefficient (Wildman–Crippen LogP) is 8.63. The summed E-state index contributed by atoms with van der Waals surface area (Å²) in [6.45, 7) is 3.44. The highest BCUT2D eigenvalue weighted by Gasteiger charge is 2.59. The maximum atomic E-state index is 12.3. The van der Waals surface area contributed by atoms with Gasteiger partial charge in [0.1, 0.15) is 0 Å². The molecule has 4 aliphatic carbocycles. The van der Waals surface area contributed by atoms with E-state index in [9.17, 15) is 4.79 Å². The van der Waals surface area contributed by atoms with E-state index < -0.39 is 0 Å². The van der Waals surface area contributed by atoms with Crippen molar-refractivity contribution in [1.29, 1.82) is 0 Å². The second kappa shape index (κ2) is 12.6. The molecule has 1 aliphatic heterocycles. The predicted molar refractivity (Wildman–Crippen MR) is 147 cm³/mol. The summed E-state index contributed by atoms with van der Waals surface area (Å²) in [7, 11) is 0. The molecule has 0 radical (unpaired) electrons. The van der Waals surface area contributed by atoms with E-state index in [4.69, 9.17) is 21.1 Å². The first kappa shape index (κ1) is 27.2. The van der Waals surface area contributed by atoms with E-state index >= 15 is 0 Å². The van der Waals surface area contributed by atoms with Gasteiger partial charge in [0.05, 0.1) is 6.10 Å². The van der Waals surface area contributed by atoms with E-state index in [1.54, 1.807) is 0 Å². The minimum absolute atomic E-state index is 0.0301. The minimum Gasteiger partial charge on any atom is -0.353 e. The Morgan fingerprint density at radius 2 is 1.81 bits per heavy atom. The lowest BCUT2D eigenvalue weighted by Crippen LogP contribution is -2.51. The minimum atomic E-state index is 0.0301. The fourth-order valence-electron chi connectivity index (χ4n) is 9.24. The van der Waals surface area contributed by atoms with Crippen LogP contribution in [0.4, 0.5) is 0 Å². The Labute approximate surface area is 225 Å². The molecule has 4 fully saturated rings. The van der Waals surface area contributed by atoms with Crippen molar-refractivity contribution in [2.75, 3.05) is 12.5 Å². The molecule has 0 N–H and O–H groups in total. The number of allylic oxidation sites excluding steroid dienone is 1. The Bertz CT molecular complexity index is 758. The molecule has 0 aromatic heterocycles. The molecule has 36 heavy (non-hydrogen) atoms. The maximum absolute atomic E-state index is 12.3. The number of hydrogen-bond acceptors (Lipinski definition) is 3. The van der Waals surface area contributed by atoms with E-state index in [0.717, 1.165) is 55.4 Å². The van der Waals surface area contributed by atoms with Gasteiger partial charge in [-0.1, -0.05) is 51.0 Å². The van der Waals surface area contributed by atoms with Gasteiger partial charge < -0.3 is 9.47 Å². The topological polar surface area (TPSA) is 35.5 Å². The molecular weight excluding hydrogens is 468 g/mol. The van der Waals surface area contributed by atoms with Crippen molar-refractivity contribution in [3.05, 3.63) is 11.6 Å². The van der Waals surface area contributed by atoms with Gasteiger partial charge >= 0.3 is 0 Å². The Kier molecular flexibility index (Phi) is 9.56. The highest BCUT2D eigenvalue weighted by molar-refractivity contribution is 6.17. The lowest BCUT2D eigenvalue weighted by molar-refractivity contribution is -0.216. The summed E-state index contributed by atoms with van der Waals surface area (Å²) in [5.74, 6) is 5.03. The summed E-state index contributed by atoms with van der Waals surface area (Å²) < 4.78 is 12.7. The summed E-state index contributed by atoms with van der Waals surface area (Å²) in [4.78, 5) is 12.3. The molecule has 1 saturated heterocycles. The lowest BCUT2D eigenvalue weighted by atomic mass is 9.49. The zero-order chi connectivity index (χ0) is 25.0. The van der Waals surface area contributed by atoms with Crippen LogP contribution in [0.15, 0.2) is 11.6 Å². The first-order valence-corrected chi connectivity index (χ1v) is 16.2. The zero-order valence-electron chi connectivity index (χ0n) is 22.9. The third-order valence-electron chi connectivity index (χ3n) is 11.0. The van der Waals surface area contributed by atoms with Crippen LogP contribution in [0.1, 0.15) is 122 Å². The lowest BCUT2D eigenvalue weighted by Gasteiger charge is -2.56. The smallest absolute Gasteiger partial charge is 0.157 e. The third-order valence-corrected chi connectivity index (χ3v) is 11.3. The van der Waals surface area contributed by atoms with Crippen LogP contribution in [-0.4, -0.2) is 30.7 Å². The first-order chi connectivity index (χ1) is 17.6. The number of carbonyl (C=O) groups excluding carboxylic acids is 1. The molecule has 0 aromatic carbocycles. The Morgan fingerprint density at radius 3 is 2.58 bits per heavy atom. The van der Waals surface area contributed by atoms with Crippen molar-refractivity contribution in [3.8, 4) is 0 Å². The summed E-state index contributed by atoms with van der Waals surface area (Å²) in [6, 6.07) is 0. The van der Waals surface area contributed by atoms with Crippen LogP contribution in [0.25, 0.3) is 0 Å². The second-order valence-corrected chi connectivity index (χ2v) is 13.5. The van der Waals surface area contributed by atoms with E-state index in [-0.39, 0.29) is 6.29 Å². The number of rotatable bonds is 11. The number of ether oxygens (including phenoxy) is 2. The quantitative estimate of drug-likeness (QED) is 0.203. The molecule has 3 nitrogen and oxygen atoms in total. The average molecular weight is 519 g/mol. The van der Waals surface area contributed by atoms with Crippen molar-refractivity contribution >= 4 is 17.4 Å². The standard InChI is InChI=1S/C32H51ClO3/c1-32-18-17-27-26-14-13-25(34)22-24(26)21-23(11-7-5-3-2-4-6-9-19-33)31(27)28(32)15-16-29(32)36-30-12-8-10-20-35-30/h22-23,26-31H,2-21H2,1H3/t23-,26+,27-,28+,29?,30?,31-,32+/m1/s1.